The molecular weight excluding hydrogens is 294 g/mol. The Morgan fingerprint density at radius 3 is 2.43 bits per heavy atom. The van der Waals surface area contributed by atoms with Gasteiger partial charge in [0.25, 0.3) is 0 Å². The van der Waals surface area contributed by atoms with Crippen molar-refractivity contribution in [1.29, 1.82) is 0 Å². The Hall–Kier alpha value is -1.67. The normalized spacial score (nSPS) is 11.5. The molecule has 1 aromatic rings. The summed E-state index contributed by atoms with van der Waals surface area (Å²) in [6, 6.07) is 3.15. The van der Waals surface area contributed by atoms with Crippen LogP contribution < -0.4 is 4.90 Å². The fourth-order valence-corrected chi connectivity index (χ4v) is 2.53. The topological polar surface area (TPSA) is 79.8 Å². The number of hydrogen-bond donors (Lipinski definition) is 0. The Morgan fingerprint density at radius 1 is 1.33 bits per heavy atom. The second-order valence-electron chi connectivity index (χ2n) is 4.55. The first-order valence-electron chi connectivity index (χ1n) is 6.53. The molecule has 0 aliphatic carbocycles. The molecule has 1 rings (SSSR count). The number of sulfonamides is 1. The summed E-state index contributed by atoms with van der Waals surface area (Å²) in [5.41, 5.74) is 0. The number of rotatable bonds is 7. The monoisotopic (exact) mass is 315 g/mol. The molecule has 0 aliphatic heterocycles. The van der Waals surface area contributed by atoms with Gasteiger partial charge in [0.15, 0.2) is 0 Å². The largest absolute Gasteiger partial charge is 0.469 e. The van der Waals surface area contributed by atoms with Crippen LogP contribution >= 0.6 is 0 Å². The Morgan fingerprint density at radius 2 is 2.00 bits per heavy atom. The van der Waals surface area contributed by atoms with Gasteiger partial charge in [-0.15, -0.1) is 0 Å². The smallest absolute Gasteiger partial charge is 0.307 e. The van der Waals surface area contributed by atoms with Crippen molar-refractivity contribution in [3.05, 3.63) is 18.3 Å². The van der Waals surface area contributed by atoms with E-state index in [1.54, 1.807) is 6.07 Å². The predicted octanol–water partition coefficient (Wildman–Crippen LogP) is 0.721. The zero-order valence-corrected chi connectivity index (χ0v) is 13.6. The van der Waals surface area contributed by atoms with E-state index in [0.29, 0.717) is 18.9 Å². The first kappa shape index (κ1) is 17.4. The van der Waals surface area contributed by atoms with Crippen LogP contribution in [0.1, 0.15) is 13.3 Å². The van der Waals surface area contributed by atoms with Gasteiger partial charge in [-0.1, -0.05) is 0 Å². The maximum atomic E-state index is 11.9. The molecule has 0 spiro atoms. The van der Waals surface area contributed by atoms with Crippen LogP contribution in [-0.2, 0) is 19.6 Å². The zero-order chi connectivity index (χ0) is 16.0. The maximum Gasteiger partial charge on any atom is 0.307 e. The average molecular weight is 315 g/mol. The van der Waals surface area contributed by atoms with Crippen molar-refractivity contribution in [1.82, 2.24) is 9.29 Å². The molecule has 7 nitrogen and oxygen atoms in total. The second kappa shape index (κ2) is 7.37. The standard InChI is InChI=1S/C13H21N3O4S/c1-5-16(9-8-13(17)20-4)12-7-6-11(10-14-12)21(18,19)15(2)3/h6-7,10H,5,8-9H2,1-4H3. The number of nitrogens with zero attached hydrogens (tertiary/aromatic N) is 3. The molecule has 0 bridgehead atoms. The van der Waals surface area contributed by atoms with Gasteiger partial charge in [-0.2, -0.15) is 0 Å². The lowest BCUT2D eigenvalue weighted by molar-refractivity contribution is -0.140. The maximum absolute atomic E-state index is 11.9. The third-order valence-corrected chi connectivity index (χ3v) is 4.82. The van der Waals surface area contributed by atoms with Gasteiger partial charge in [-0.3, -0.25) is 4.79 Å². The highest BCUT2D eigenvalue weighted by molar-refractivity contribution is 7.89. The van der Waals surface area contributed by atoms with E-state index in [9.17, 15) is 13.2 Å². The van der Waals surface area contributed by atoms with Crippen LogP contribution in [0.2, 0.25) is 0 Å². The van der Waals surface area contributed by atoms with E-state index < -0.39 is 10.0 Å². The third-order valence-electron chi connectivity index (χ3n) is 3.02. The molecule has 118 valence electrons. The number of esters is 1. The number of carbonyl (C=O) groups is 1. The number of ether oxygens (including phenoxy) is 1. The van der Waals surface area contributed by atoms with E-state index in [1.165, 1.54) is 33.5 Å². The van der Waals surface area contributed by atoms with E-state index in [-0.39, 0.29) is 17.3 Å². The van der Waals surface area contributed by atoms with Crippen LogP contribution in [0.5, 0.6) is 0 Å². The fourth-order valence-electron chi connectivity index (χ4n) is 1.69. The van der Waals surface area contributed by atoms with Crippen molar-refractivity contribution in [3.8, 4) is 0 Å². The van der Waals surface area contributed by atoms with Crippen molar-refractivity contribution in [2.24, 2.45) is 0 Å². The minimum absolute atomic E-state index is 0.139. The Bertz CT molecular complexity index is 570. The minimum atomic E-state index is -3.48. The average Bonchev–Trinajstić information content (AvgIpc) is 2.47. The van der Waals surface area contributed by atoms with Crippen LogP contribution in [-0.4, -0.2) is 58.0 Å². The number of aromatic nitrogens is 1. The van der Waals surface area contributed by atoms with Gasteiger partial charge in [-0.05, 0) is 19.1 Å². The number of anilines is 1. The van der Waals surface area contributed by atoms with Crippen molar-refractivity contribution in [3.63, 3.8) is 0 Å². The van der Waals surface area contributed by atoms with Gasteiger partial charge >= 0.3 is 5.97 Å². The summed E-state index contributed by atoms with van der Waals surface area (Å²) in [5, 5.41) is 0. The number of hydrogen-bond acceptors (Lipinski definition) is 6. The summed E-state index contributed by atoms with van der Waals surface area (Å²) in [5.74, 6) is 0.333. The van der Waals surface area contributed by atoms with E-state index >= 15 is 0 Å². The summed E-state index contributed by atoms with van der Waals surface area (Å²) in [4.78, 5) is 17.4. The summed E-state index contributed by atoms with van der Waals surface area (Å²) >= 11 is 0. The van der Waals surface area contributed by atoms with E-state index in [1.807, 2.05) is 11.8 Å². The van der Waals surface area contributed by atoms with Crippen molar-refractivity contribution < 1.29 is 17.9 Å². The molecule has 1 aromatic heterocycles. The first-order valence-corrected chi connectivity index (χ1v) is 7.97. The molecule has 0 saturated heterocycles. The zero-order valence-electron chi connectivity index (χ0n) is 12.7. The molecule has 0 saturated carbocycles. The fraction of sp³-hybridized carbons (Fsp3) is 0.538. The molecule has 21 heavy (non-hydrogen) atoms. The van der Waals surface area contributed by atoms with Gasteiger partial charge < -0.3 is 9.64 Å². The van der Waals surface area contributed by atoms with Gasteiger partial charge in [-0.25, -0.2) is 17.7 Å². The van der Waals surface area contributed by atoms with E-state index in [2.05, 4.69) is 9.72 Å². The molecule has 0 amide bonds. The highest BCUT2D eigenvalue weighted by atomic mass is 32.2. The SMILES string of the molecule is CCN(CCC(=O)OC)c1ccc(S(=O)(=O)N(C)C)cn1. The molecule has 0 N–H and O–H groups in total. The Labute approximate surface area is 125 Å². The molecule has 1 heterocycles. The Balaban J connectivity index is 2.87. The predicted molar refractivity (Wildman–Crippen MR) is 79.6 cm³/mol. The molecule has 0 radical (unpaired) electrons. The van der Waals surface area contributed by atoms with Crippen molar-refractivity contribution in [2.45, 2.75) is 18.2 Å². The van der Waals surface area contributed by atoms with Crippen LogP contribution in [0.15, 0.2) is 23.2 Å². The highest BCUT2D eigenvalue weighted by Crippen LogP contribution is 2.16. The number of pyridine rings is 1. The minimum Gasteiger partial charge on any atom is -0.469 e. The molecule has 8 heteroatoms. The second-order valence-corrected chi connectivity index (χ2v) is 6.70. The Kier molecular flexibility index (Phi) is 6.10. The van der Waals surface area contributed by atoms with E-state index in [4.69, 9.17) is 0 Å². The van der Waals surface area contributed by atoms with Gasteiger partial charge in [0.1, 0.15) is 10.7 Å². The first-order chi connectivity index (χ1) is 9.82. The van der Waals surface area contributed by atoms with Gasteiger partial charge in [0.05, 0.1) is 13.5 Å². The summed E-state index contributed by atoms with van der Waals surface area (Å²) < 4.78 is 29.6. The van der Waals surface area contributed by atoms with Crippen LogP contribution in [0.25, 0.3) is 0 Å². The van der Waals surface area contributed by atoms with Crippen molar-refractivity contribution in [2.75, 3.05) is 39.2 Å². The summed E-state index contributed by atoms with van der Waals surface area (Å²) in [6.07, 6.45) is 1.58. The van der Waals surface area contributed by atoms with E-state index in [0.717, 1.165) is 4.31 Å². The molecular formula is C13H21N3O4S. The van der Waals surface area contributed by atoms with Crippen molar-refractivity contribution >= 4 is 21.8 Å². The molecule has 0 fully saturated rings. The molecule has 0 unspecified atom stereocenters. The molecule has 0 atom stereocenters. The quantitative estimate of drug-likeness (QED) is 0.690. The van der Waals surface area contributed by atoms with Crippen LogP contribution in [0.3, 0.4) is 0 Å². The lowest BCUT2D eigenvalue weighted by atomic mass is 10.3. The highest BCUT2D eigenvalue weighted by Gasteiger charge is 2.18. The van der Waals surface area contributed by atoms with Crippen LogP contribution in [0.4, 0.5) is 5.82 Å². The van der Waals surface area contributed by atoms with Gasteiger partial charge in [0, 0.05) is 33.4 Å². The van der Waals surface area contributed by atoms with Crippen LogP contribution in [0, 0.1) is 0 Å². The van der Waals surface area contributed by atoms with Gasteiger partial charge in [0.2, 0.25) is 10.0 Å². The lowest BCUT2D eigenvalue weighted by Gasteiger charge is -2.21. The number of carbonyl (C=O) groups excluding carboxylic acids is 1. The lowest BCUT2D eigenvalue weighted by Crippen LogP contribution is -2.27. The number of methoxy groups -OCH3 is 1. The molecule has 0 aliphatic rings. The summed E-state index contributed by atoms with van der Waals surface area (Å²) in [7, 11) is 0.808. The molecule has 0 aromatic carbocycles. The summed E-state index contributed by atoms with van der Waals surface area (Å²) in [6.45, 7) is 3.06. The third kappa shape index (κ3) is 4.40.